The van der Waals surface area contributed by atoms with Crippen LogP contribution in [0.2, 0.25) is 0 Å². The van der Waals surface area contributed by atoms with Gasteiger partial charge in [-0.2, -0.15) is 0 Å². The third-order valence-electron chi connectivity index (χ3n) is 4.89. The van der Waals surface area contributed by atoms with E-state index in [1.54, 1.807) is 4.57 Å². The molecule has 1 aliphatic rings. The van der Waals surface area contributed by atoms with Gasteiger partial charge in [-0.3, -0.25) is 4.57 Å². The molecule has 7 heteroatoms. The highest BCUT2D eigenvalue weighted by Gasteiger charge is 2.53. The topological polar surface area (TPSA) is 49.7 Å². The molecule has 2 heterocycles. The first kappa shape index (κ1) is 19.5. The van der Waals surface area contributed by atoms with Crippen LogP contribution in [0.4, 0.5) is 4.79 Å². The zero-order chi connectivity index (χ0) is 19.5. The van der Waals surface area contributed by atoms with E-state index >= 15 is 0 Å². The van der Waals surface area contributed by atoms with E-state index in [2.05, 4.69) is 15.9 Å². The van der Waals surface area contributed by atoms with Crippen LogP contribution >= 0.6 is 15.9 Å². The molecule has 1 aliphatic heterocycles. The van der Waals surface area contributed by atoms with E-state index in [1.807, 2.05) is 72.7 Å². The summed E-state index contributed by atoms with van der Waals surface area (Å²) in [7, 11) is -0.660. The molecule has 1 aromatic heterocycles. The van der Waals surface area contributed by atoms with Gasteiger partial charge >= 0.3 is 13.2 Å². The molecular formula is C19H25BBrNO4. The van der Waals surface area contributed by atoms with Crippen LogP contribution in [0.1, 0.15) is 48.5 Å². The summed E-state index contributed by atoms with van der Waals surface area (Å²) < 4.78 is 20.4. The Bertz CT molecular complexity index is 850. The second-order valence-corrected chi connectivity index (χ2v) is 9.50. The van der Waals surface area contributed by atoms with E-state index in [0.717, 1.165) is 15.4 Å². The number of benzene rings is 1. The van der Waals surface area contributed by atoms with Crippen molar-refractivity contribution < 1.29 is 18.8 Å². The molecule has 2 aromatic rings. The number of fused-ring (bicyclic) bond motifs is 1. The highest BCUT2D eigenvalue weighted by atomic mass is 79.9. The van der Waals surface area contributed by atoms with E-state index < -0.39 is 30.0 Å². The first-order chi connectivity index (χ1) is 11.8. The molecule has 0 atom stereocenters. The van der Waals surface area contributed by atoms with Crippen LogP contribution < -0.4 is 5.59 Å². The molecule has 1 fully saturated rings. The summed E-state index contributed by atoms with van der Waals surface area (Å²) in [5.74, 6) is 0. The Morgan fingerprint density at radius 3 is 2.27 bits per heavy atom. The van der Waals surface area contributed by atoms with Crippen molar-refractivity contribution >= 4 is 45.6 Å². The molecule has 0 bridgehead atoms. The van der Waals surface area contributed by atoms with Gasteiger partial charge in [-0.25, -0.2) is 4.79 Å². The monoisotopic (exact) mass is 421 g/mol. The summed E-state index contributed by atoms with van der Waals surface area (Å²) in [5.41, 5.74) is -0.223. The number of rotatable bonds is 1. The minimum Gasteiger partial charge on any atom is -0.443 e. The first-order valence-electron chi connectivity index (χ1n) is 8.71. The van der Waals surface area contributed by atoms with Gasteiger partial charge in [0.05, 0.1) is 22.3 Å². The number of carbonyl (C=O) groups is 1. The molecule has 0 spiro atoms. The van der Waals surface area contributed by atoms with E-state index in [4.69, 9.17) is 14.0 Å². The maximum atomic E-state index is 13.0. The third kappa shape index (κ3) is 3.32. The Kier molecular flexibility index (Phi) is 4.57. The Hall–Kier alpha value is -1.31. The van der Waals surface area contributed by atoms with Gasteiger partial charge in [-0.15, -0.1) is 0 Å². The number of aromatic nitrogens is 1. The summed E-state index contributed by atoms with van der Waals surface area (Å²) in [6, 6.07) is 7.64. The molecule has 5 nitrogen and oxygen atoms in total. The zero-order valence-corrected chi connectivity index (χ0v) is 17.9. The van der Waals surface area contributed by atoms with Gasteiger partial charge in [0.1, 0.15) is 5.60 Å². The Morgan fingerprint density at radius 1 is 1.15 bits per heavy atom. The lowest BCUT2D eigenvalue weighted by atomic mass is 9.84. The van der Waals surface area contributed by atoms with Gasteiger partial charge < -0.3 is 14.0 Å². The largest absolute Gasteiger partial charge is 0.513 e. The van der Waals surface area contributed by atoms with E-state index in [0.29, 0.717) is 5.59 Å². The van der Waals surface area contributed by atoms with Crippen molar-refractivity contribution in [3.8, 4) is 0 Å². The number of nitrogens with zero attached hydrogens (tertiary/aromatic N) is 1. The van der Waals surface area contributed by atoms with Gasteiger partial charge in [0.15, 0.2) is 0 Å². The SMILES string of the molecule is CC(C)(C)OC(=O)n1c(B2OC(C)(C)C(C)(C)O2)cc2c(Br)cccc21. The van der Waals surface area contributed by atoms with E-state index in [1.165, 1.54) is 0 Å². The van der Waals surface area contributed by atoms with Crippen molar-refractivity contribution in [1.82, 2.24) is 4.57 Å². The van der Waals surface area contributed by atoms with Gasteiger partial charge in [0.25, 0.3) is 0 Å². The number of hydrogen-bond acceptors (Lipinski definition) is 4. The lowest BCUT2D eigenvalue weighted by Gasteiger charge is -2.32. The smallest absolute Gasteiger partial charge is 0.443 e. The molecule has 1 saturated heterocycles. The molecule has 3 rings (SSSR count). The zero-order valence-electron chi connectivity index (χ0n) is 16.3. The molecule has 0 aliphatic carbocycles. The van der Waals surface area contributed by atoms with Crippen LogP contribution in [0.3, 0.4) is 0 Å². The van der Waals surface area contributed by atoms with E-state index in [-0.39, 0.29) is 0 Å². The third-order valence-corrected chi connectivity index (χ3v) is 5.58. The molecule has 0 amide bonds. The molecule has 0 saturated carbocycles. The predicted octanol–water partition coefficient (Wildman–Crippen LogP) is 4.49. The van der Waals surface area contributed by atoms with Gasteiger partial charge in [0, 0.05) is 9.86 Å². The molecule has 0 unspecified atom stereocenters. The van der Waals surface area contributed by atoms with Crippen LogP contribution in [-0.2, 0) is 14.0 Å². The van der Waals surface area contributed by atoms with Crippen molar-refractivity contribution in [3.05, 3.63) is 28.7 Å². The average Bonchev–Trinajstić information content (AvgIpc) is 2.93. The molecule has 1 aromatic carbocycles. The highest BCUT2D eigenvalue weighted by molar-refractivity contribution is 9.10. The Labute approximate surface area is 163 Å². The quantitative estimate of drug-likeness (QED) is 0.636. The fraction of sp³-hybridized carbons (Fsp3) is 0.526. The van der Waals surface area contributed by atoms with Crippen LogP contribution in [-0.4, -0.2) is 34.6 Å². The van der Waals surface area contributed by atoms with Crippen LogP contribution in [0, 0.1) is 0 Å². The van der Waals surface area contributed by atoms with Gasteiger partial charge in [0.2, 0.25) is 0 Å². The van der Waals surface area contributed by atoms with Crippen LogP contribution in [0.15, 0.2) is 28.7 Å². The summed E-state index contributed by atoms with van der Waals surface area (Å²) in [5, 5.41) is 0.906. The molecule has 0 N–H and O–H groups in total. The Balaban J connectivity index is 2.15. The number of ether oxygens (including phenoxy) is 1. The second-order valence-electron chi connectivity index (χ2n) is 8.65. The number of hydrogen-bond donors (Lipinski definition) is 0. The molecule has 140 valence electrons. The number of carbonyl (C=O) groups excluding carboxylic acids is 1. The van der Waals surface area contributed by atoms with E-state index in [9.17, 15) is 4.79 Å². The number of halogens is 1. The van der Waals surface area contributed by atoms with Crippen molar-refractivity contribution in [2.45, 2.75) is 65.3 Å². The van der Waals surface area contributed by atoms with Gasteiger partial charge in [-0.05, 0) is 66.7 Å². The lowest BCUT2D eigenvalue weighted by Crippen LogP contribution is -2.43. The molecule has 0 radical (unpaired) electrons. The fourth-order valence-corrected chi connectivity index (χ4v) is 3.33. The van der Waals surface area contributed by atoms with Gasteiger partial charge in [-0.1, -0.05) is 22.0 Å². The van der Waals surface area contributed by atoms with Crippen LogP contribution in [0.25, 0.3) is 10.9 Å². The summed E-state index contributed by atoms with van der Waals surface area (Å²) in [4.78, 5) is 13.0. The Morgan fingerprint density at radius 2 is 1.73 bits per heavy atom. The molecule has 26 heavy (non-hydrogen) atoms. The summed E-state index contributed by atoms with van der Waals surface area (Å²) in [6.07, 6.45) is -0.449. The summed E-state index contributed by atoms with van der Waals surface area (Å²) >= 11 is 3.56. The normalized spacial score (nSPS) is 19.2. The fourth-order valence-electron chi connectivity index (χ4n) is 2.86. The predicted molar refractivity (Wildman–Crippen MR) is 107 cm³/mol. The van der Waals surface area contributed by atoms with Crippen molar-refractivity contribution in [1.29, 1.82) is 0 Å². The van der Waals surface area contributed by atoms with Crippen molar-refractivity contribution in [2.24, 2.45) is 0 Å². The average molecular weight is 422 g/mol. The first-order valence-corrected chi connectivity index (χ1v) is 9.50. The minimum absolute atomic E-state index is 0.449. The maximum absolute atomic E-state index is 13.0. The van der Waals surface area contributed by atoms with Crippen molar-refractivity contribution in [3.63, 3.8) is 0 Å². The minimum atomic E-state index is -0.660. The lowest BCUT2D eigenvalue weighted by molar-refractivity contribution is 0.00578. The molecular weight excluding hydrogens is 397 g/mol. The summed E-state index contributed by atoms with van der Waals surface area (Å²) in [6.45, 7) is 13.5. The second kappa shape index (κ2) is 6.11. The van der Waals surface area contributed by atoms with Crippen LogP contribution in [0.5, 0.6) is 0 Å². The maximum Gasteiger partial charge on any atom is 0.513 e. The van der Waals surface area contributed by atoms with Crippen molar-refractivity contribution in [2.75, 3.05) is 0 Å². The standard InChI is InChI=1S/C19H25BBrNO4/c1-17(2,3)24-16(23)22-14-10-8-9-13(21)12(14)11-15(22)20-25-18(4,5)19(6,7)26-20/h8-11H,1-7H3. The highest BCUT2D eigenvalue weighted by Crippen LogP contribution is 2.37.